The third kappa shape index (κ3) is 6.98. The summed E-state index contributed by atoms with van der Waals surface area (Å²) >= 11 is 0. The summed E-state index contributed by atoms with van der Waals surface area (Å²) in [5, 5.41) is 0. The van der Waals surface area contributed by atoms with Gasteiger partial charge < -0.3 is 14.5 Å². The quantitative estimate of drug-likeness (QED) is 0.717. The molecule has 0 bridgehead atoms. The molecule has 2 amide bonds. The van der Waals surface area contributed by atoms with Gasteiger partial charge in [-0.25, -0.2) is 4.79 Å². The van der Waals surface area contributed by atoms with Gasteiger partial charge in [-0.15, -0.1) is 0 Å². The molecule has 1 unspecified atom stereocenters. The van der Waals surface area contributed by atoms with E-state index in [9.17, 15) is 9.59 Å². The van der Waals surface area contributed by atoms with Crippen molar-refractivity contribution in [2.45, 2.75) is 59.1 Å². The van der Waals surface area contributed by atoms with Crippen LogP contribution in [0.4, 0.5) is 4.79 Å². The number of amides is 2. The highest BCUT2D eigenvalue weighted by Crippen LogP contribution is 2.21. The average molecular weight is 388 g/mol. The number of ether oxygens (including phenoxy) is 1. The van der Waals surface area contributed by atoms with E-state index in [-0.39, 0.29) is 24.0 Å². The van der Waals surface area contributed by atoms with Crippen LogP contribution in [0, 0.1) is 5.92 Å². The van der Waals surface area contributed by atoms with Gasteiger partial charge in [-0.05, 0) is 77.2 Å². The molecule has 0 saturated carbocycles. The van der Waals surface area contributed by atoms with Gasteiger partial charge in [-0.1, -0.05) is 0 Å². The highest BCUT2D eigenvalue weighted by molar-refractivity contribution is 5.91. The van der Waals surface area contributed by atoms with Gasteiger partial charge in [0.2, 0.25) is 5.91 Å². The first-order valence-electron chi connectivity index (χ1n) is 10.0. The number of carbonyl (C=O) groups is 2. The van der Waals surface area contributed by atoms with Gasteiger partial charge in [0.25, 0.3) is 0 Å². The Bertz CT molecular complexity index is 680. The summed E-state index contributed by atoms with van der Waals surface area (Å²) in [5.41, 5.74) is 0.434. The second-order valence-corrected chi connectivity index (χ2v) is 8.63. The number of piperidine rings is 1. The molecule has 0 aliphatic carbocycles. The first kappa shape index (κ1) is 21.9. The normalized spacial score (nSPS) is 17.8. The van der Waals surface area contributed by atoms with Gasteiger partial charge in [0.1, 0.15) is 5.60 Å². The smallest absolute Gasteiger partial charge is 0.410 e. The summed E-state index contributed by atoms with van der Waals surface area (Å²) < 4.78 is 5.55. The van der Waals surface area contributed by atoms with Gasteiger partial charge >= 0.3 is 6.09 Å². The fourth-order valence-electron chi connectivity index (χ4n) is 3.26. The molecule has 6 heteroatoms. The van der Waals surface area contributed by atoms with E-state index in [1.165, 1.54) is 0 Å². The fourth-order valence-corrected chi connectivity index (χ4v) is 3.26. The second-order valence-electron chi connectivity index (χ2n) is 8.63. The molecule has 1 atom stereocenters. The highest BCUT2D eigenvalue weighted by Gasteiger charge is 2.29. The topological polar surface area (TPSA) is 62.7 Å². The SMILES string of the molecule is CC(C)N(CC1CCCN(C(=O)/C=C/c2ccncc2)C1)C(=O)OC(C)(C)C. The molecule has 2 heterocycles. The van der Waals surface area contributed by atoms with Gasteiger partial charge in [0, 0.05) is 44.1 Å². The zero-order valence-corrected chi connectivity index (χ0v) is 17.7. The van der Waals surface area contributed by atoms with Crippen LogP contribution in [-0.4, -0.2) is 58.1 Å². The van der Waals surface area contributed by atoms with Gasteiger partial charge in [-0.2, -0.15) is 0 Å². The minimum absolute atomic E-state index is 0.00915. The Balaban J connectivity index is 1.96. The Morgan fingerprint density at radius 2 is 2.00 bits per heavy atom. The van der Waals surface area contributed by atoms with Gasteiger partial charge in [0.15, 0.2) is 0 Å². The number of hydrogen-bond donors (Lipinski definition) is 0. The molecule has 6 nitrogen and oxygen atoms in total. The predicted molar refractivity (Wildman–Crippen MR) is 111 cm³/mol. The monoisotopic (exact) mass is 387 g/mol. The number of pyridine rings is 1. The van der Waals surface area contributed by atoms with E-state index in [0.717, 1.165) is 24.9 Å². The molecule has 1 saturated heterocycles. The molecule has 2 rings (SSSR count). The lowest BCUT2D eigenvalue weighted by Crippen LogP contribution is -2.47. The fraction of sp³-hybridized carbons (Fsp3) is 0.591. The van der Waals surface area contributed by atoms with Crippen molar-refractivity contribution >= 4 is 18.1 Å². The first-order chi connectivity index (χ1) is 13.2. The molecule has 154 valence electrons. The molecule has 0 spiro atoms. The zero-order chi connectivity index (χ0) is 20.7. The third-order valence-electron chi connectivity index (χ3n) is 4.66. The van der Waals surface area contributed by atoms with Crippen molar-refractivity contribution in [3.63, 3.8) is 0 Å². The van der Waals surface area contributed by atoms with E-state index < -0.39 is 5.60 Å². The largest absolute Gasteiger partial charge is 0.444 e. The van der Waals surface area contributed by atoms with Crippen LogP contribution in [0.25, 0.3) is 6.08 Å². The summed E-state index contributed by atoms with van der Waals surface area (Å²) in [6.45, 7) is 11.6. The summed E-state index contributed by atoms with van der Waals surface area (Å²) in [5.74, 6) is 0.261. The Hall–Kier alpha value is -2.37. The summed E-state index contributed by atoms with van der Waals surface area (Å²) in [6.07, 6.45) is 8.50. The van der Waals surface area contributed by atoms with Crippen LogP contribution >= 0.6 is 0 Å². The maximum Gasteiger partial charge on any atom is 0.410 e. The molecular weight excluding hydrogens is 354 g/mol. The molecule has 1 aliphatic rings. The average Bonchev–Trinajstić information content (AvgIpc) is 2.63. The lowest BCUT2D eigenvalue weighted by molar-refractivity contribution is -0.127. The molecule has 28 heavy (non-hydrogen) atoms. The van der Waals surface area contributed by atoms with Crippen molar-refractivity contribution < 1.29 is 14.3 Å². The number of rotatable bonds is 5. The van der Waals surface area contributed by atoms with E-state index in [0.29, 0.717) is 13.1 Å². The minimum Gasteiger partial charge on any atom is -0.444 e. The lowest BCUT2D eigenvalue weighted by atomic mass is 9.97. The summed E-state index contributed by atoms with van der Waals surface area (Å²) in [4.78, 5) is 32.8. The molecule has 0 N–H and O–H groups in total. The van der Waals surface area contributed by atoms with Crippen LogP contribution in [0.3, 0.4) is 0 Å². The van der Waals surface area contributed by atoms with Crippen LogP contribution in [0.1, 0.15) is 53.0 Å². The standard InChI is InChI=1S/C22H33N3O3/c1-17(2)25(21(27)28-22(3,4)5)16-19-7-6-14-24(15-19)20(26)9-8-18-10-12-23-13-11-18/h8-13,17,19H,6-7,14-16H2,1-5H3/b9-8+. The number of nitrogens with zero attached hydrogens (tertiary/aromatic N) is 3. The van der Waals surface area contributed by atoms with Crippen molar-refractivity contribution in [2.75, 3.05) is 19.6 Å². The third-order valence-corrected chi connectivity index (χ3v) is 4.66. The molecule has 0 aromatic carbocycles. The zero-order valence-electron chi connectivity index (χ0n) is 17.7. The van der Waals surface area contributed by atoms with E-state index >= 15 is 0 Å². The van der Waals surface area contributed by atoms with Gasteiger partial charge in [-0.3, -0.25) is 9.78 Å². The number of carbonyl (C=O) groups excluding carboxylic acids is 2. The van der Waals surface area contributed by atoms with Crippen LogP contribution in [0.2, 0.25) is 0 Å². The summed E-state index contributed by atoms with van der Waals surface area (Å²) in [6, 6.07) is 3.78. The van der Waals surface area contributed by atoms with E-state index in [4.69, 9.17) is 4.74 Å². The van der Waals surface area contributed by atoms with Crippen molar-refractivity contribution in [3.05, 3.63) is 36.2 Å². The lowest BCUT2D eigenvalue weighted by Gasteiger charge is -2.37. The molecular formula is C22H33N3O3. The molecule has 1 aromatic rings. The maximum absolute atomic E-state index is 12.6. The van der Waals surface area contributed by atoms with E-state index in [1.54, 1.807) is 23.4 Å². The second kappa shape index (κ2) is 9.71. The van der Waals surface area contributed by atoms with Crippen molar-refractivity contribution in [3.8, 4) is 0 Å². The van der Waals surface area contributed by atoms with Crippen molar-refractivity contribution in [1.29, 1.82) is 0 Å². The van der Waals surface area contributed by atoms with E-state index in [1.807, 2.05) is 57.7 Å². The molecule has 1 aromatic heterocycles. The molecule has 0 radical (unpaired) electrons. The summed E-state index contributed by atoms with van der Waals surface area (Å²) in [7, 11) is 0. The first-order valence-corrected chi connectivity index (χ1v) is 10.0. The van der Waals surface area contributed by atoms with Crippen LogP contribution in [0.15, 0.2) is 30.6 Å². The van der Waals surface area contributed by atoms with Gasteiger partial charge in [0.05, 0.1) is 0 Å². The van der Waals surface area contributed by atoms with E-state index in [2.05, 4.69) is 4.98 Å². The number of aromatic nitrogens is 1. The Labute approximate surface area is 168 Å². The van der Waals surface area contributed by atoms with Crippen LogP contribution < -0.4 is 0 Å². The van der Waals surface area contributed by atoms with Crippen LogP contribution in [0.5, 0.6) is 0 Å². The van der Waals surface area contributed by atoms with Crippen molar-refractivity contribution in [1.82, 2.24) is 14.8 Å². The van der Waals surface area contributed by atoms with Crippen LogP contribution in [-0.2, 0) is 9.53 Å². The Morgan fingerprint density at radius 3 is 2.61 bits per heavy atom. The Kier molecular flexibility index (Phi) is 7.61. The molecule has 1 aliphatic heterocycles. The predicted octanol–water partition coefficient (Wildman–Crippen LogP) is 3.98. The maximum atomic E-state index is 12.6. The molecule has 1 fully saturated rings. The Morgan fingerprint density at radius 1 is 1.32 bits per heavy atom. The number of hydrogen-bond acceptors (Lipinski definition) is 4. The highest BCUT2D eigenvalue weighted by atomic mass is 16.6. The minimum atomic E-state index is -0.517. The number of likely N-dealkylation sites (tertiary alicyclic amines) is 1. The van der Waals surface area contributed by atoms with Crippen molar-refractivity contribution in [2.24, 2.45) is 5.92 Å².